The van der Waals surface area contributed by atoms with Gasteiger partial charge in [0.15, 0.2) is 6.10 Å². The number of rotatable bonds is 7. The van der Waals surface area contributed by atoms with E-state index in [4.69, 9.17) is 15.2 Å². The Labute approximate surface area is 164 Å². The molecule has 2 rings (SSSR count). The van der Waals surface area contributed by atoms with Crippen LogP contribution in [0, 0.1) is 25.2 Å². The van der Waals surface area contributed by atoms with Gasteiger partial charge in [-0.15, -0.1) is 0 Å². The van der Waals surface area contributed by atoms with Gasteiger partial charge in [0.25, 0.3) is 5.91 Å². The first-order valence-electron chi connectivity index (χ1n) is 8.82. The molecule has 0 aliphatic rings. The van der Waals surface area contributed by atoms with Gasteiger partial charge in [-0.05, 0) is 69.7 Å². The van der Waals surface area contributed by atoms with E-state index in [1.807, 2.05) is 61.7 Å². The van der Waals surface area contributed by atoms with Crippen molar-refractivity contribution in [3.63, 3.8) is 0 Å². The summed E-state index contributed by atoms with van der Waals surface area (Å²) in [6.45, 7) is 7.70. The lowest BCUT2D eigenvalue weighted by Gasteiger charge is -2.11. The zero-order chi connectivity index (χ0) is 20.8. The van der Waals surface area contributed by atoms with Crippen molar-refractivity contribution >= 4 is 18.0 Å². The molecule has 7 nitrogen and oxygen atoms in total. The maximum atomic E-state index is 12.1. The number of carbonyl (C=O) groups excluding carboxylic acids is 2. The van der Waals surface area contributed by atoms with Crippen LogP contribution in [0.3, 0.4) is 0 Å². The van der Waals surface area contributed by atoms with Crippen LogP contribution in [-0.4, -0.2) is 29.2 Å². The smallest absolute Gasteiger partial charge is 0.349 e. The van der Waals surface area contributed by atoms with Crippen molar-refractivity contribution in [1.82, 2.24) is 4.57 Å². The highest BCUT2D eigenvalue weighted by Gasteiger charge is 2.19. The molecule has 0 fully saturated rings. The molecule has 0 bridgehead atoms. The van der Waals surface area contributed by atoms with Crippen LogP contribution in [0.5, 0.6) is 5.75 Å². The summed E-state index contributed by atoms with van der Waals surface area (Å²) in [6.07, 6.45) is 0.337. The Balaban J connectivity index is 2.36. The average Bonchev–Trinajstić information content (AvgIpc) is 2.93. The van der Waals surface area contributed by atoms with Gasteiger partial charge in [-0.1, -0.05) is 0 Å². The van der Waals surface area contributed by atoms with Crippen molar-refractivity contribution in [2.24, 2.45) is 5.73 Å². The number of aromatic nitrogens is 1. The molecule has 146 valence electrons. The number of esters is 1. The van der Waals surface area contributed by atoms with Gasteiger partial charge in [-0.25, -0.2) is 4.79 Å². The number of carbonyl (C=O) groups is 2. The van der Waals surface area contributed by atoms with Crippen molar-refractivity contribution < 1.29 is 19.1 Å². The number of nitriles is 1. The van der Waals surface area contributed by atoms with Crippen molar-refractivity contribution in [3.05, 3.63) is 52.9 Å². The lowest BCUT2D eigenvalue weighted by atomic mass is 10.1. The summed E-state index contributed by atoms with van der Waals surface area (Å²) >= 11 is 0. The molecular weight excluding hydrogens is 358 g/mol. The van der Waals surface area contributed by atoms with Crippen LogP contribution in [-0.2, 0) is 14.3 Å². The highest BCUT2D eigenvalue weighted by atomic mass is 16.5. The van der Waals surface area contributed by atoms with E-state index in [9.17, 15) is 14.9 Å². The fourth-order valence-corrected chi connectivity index (χ4v) is 2.76. The first kappa shape index (κ1) is 20.8. The largest absolute Gasteiger partial charge is 0.494 e. The summed E-state index contributed by atoms with van der Waals surface area (Å²) in [6, 6.07) is 11.3. The number of aryl methyl sites for hydroxylation is 1. The molecular formula is C21H23N3O4. The standard InChI is InChI=1S/C21H23N3O4/c1-5-27-19-8-6-18(7-9-19)24-13(2)10-16(14(24)3)11-17(12-22)21(26)28-15(4)20(23)25/h6-11,15H,5H2,1-4H3,(H2,23,25)/b17-11+/t15-/m1/s1. The van der Waals surface area contributed by atoms with E-state index in [2.05, 4.69) is 0 Å². The van der Waals surface area contributed by atoms with Crippen LogP contribution in [0.25, 0.3) is 11.8 Å². The second-order valence-corrected chi connectivity index (χ2v) is 6.21. The number of nitrogens with zero attached hydrogens (tertiary/aromatic N) is 2. The summed E-state index contributed by atoms with van der Waals surface area (Å²) in [5.74, 6) is -0.883. The van der Waals surface area contributed by atoms with Gasteiger partial charge >= 0.3 is 5.97 Å². The van der Waals surface area contributed by atoms with Crippen LogP contribution in [0.1, 0.15) is 30.8 Å². The molecule has 0 radical (unpaired) electrons. The van der Waals surface area contributed by atoms with Gasteiger partial charge in [0, 0.05) is 17.1 Å². The molecule has 0 spiro atoms. The molecule has 0 aliphatic carbocycles. The normalized spacial score (nSPS) is 12.2. The molecule has 0 unspecified atom stereocenters. The number of benzene rings is 1. The Morgan fingerprint density at radius 1 is 1.29 bits per heavy atom. The maximum absolute atomic E-state index is 12.1. The molecule has 2 N–H and O–H groups in total. The third kappa shape index (κ3) is 4.60. The van der Waals surface area contributed by atoms with Gasteiger partial charge in [0.2, 0.25) is 0 Å². The predicted octanol–water partition coefficient (Wildman–Crippen LogP) is 2.82. The third-order valence-electron chi connectivity index (χ3n) is 4.20. The second kappa shape index (κ2) is 8.91. The summed E-state index contributed by atoms with van der Waals surface area (Å²) in [4.78, 5) is 23.2. The Kier molecular flexibility index (Phi) is 6.61. The lowest BCUT2D eigenvalue weighted by Crippen LogP contribution is -2.30. The van der Waals surface area contributed by atoms with E-state index in [0.717, 1.165) is 22.8 Å². The molecule has 1 atom stereocenters. The van der Waals surface area contributed by atoms with E-state index in [1.165, 1.54) is 13.0 Å². The van der Waals surface area contributed by atoms with Crippen molar-refractivity contribution in [2.75, 3.05) is 6.61 Å². The molecule has 2 aromatic rings. The lowest BCUT2D eigenvalue weighted by molar-refractivity contribution is -0.149. The zero-order valence-corrected chi connectivity index (χ0v) is 16.4. The highest BCUT2D eigenvalue weighted by Crippen LogP contribution is 2.24. The van der Waals surface area contributed by atoms with Crippen LogP contribution < -0.4 is 10.5 Å². The number of ether oxygens (including phenoxy) is 2. The van der Waals surface area contributed by atoms with E-state index >= 15 is 0 Å². The van der Waals surface area contributed by atoms with Crippen LogP contribution in [0.4, 0.5) is 0 Å². The SMILES string of the molecule is CCOc1ccc(-n2c(C)cc(/C=C(\C#N)C(=O)O[C@H](C)C(N)=O)c2C)cc1. The van der Waals surface area contributed by atoms with E-state index < -0.39 is 18.0 Å². The van der Waals surface area contributed by atoms with Gasteiger partial charge in [0.1, 0.15) is 17.4 Å². The molecule has 0 saturated carbocycles. The Morgan fingerprint density at radius 3 is 2.46 bits per heavy atom. The van der Waals surface area contributed by atoms with Crippen molar-refractivity contribution in [1.29, 1.82) is 5.26 Å². The van der Waals surface area contributed by atoms with Crippen LogP contribution in [0.2, 0.25) is 0 Å². The molecule has 0 aliphatic heterocycles. The quantitative estimate of drug-likeness (QED) is 0.451. The first-order chi connectivity index (χ1) is 13.3. The molecule has 7 heteroatoms. The predicted molar refractivity (Wildman–Crippen MR) is 105 cm³/mol. The minimum Gasteiger partial charge on any atom is -0.494 e. The number of hydrogen-bond donors (Lipinski definition) is 1. The van der Waals surface area contributed by atoms with Gasteiger partial charge < -0.3 is 19.8 Å². The summed E-state index contributed by atoms with van der Waals surface area (Å²) in [5.41, 5.74) is 8.30. The highest BCUT2D eigenvalue weighted by molar-refractivity contribution is 5.99. The average molecular weight is 381 g/mol. The van der Waals surface area contributed by atoms with Gasteiger partial charge in [0.05, 0.1) is 6.61 Å². The number of hydrogen-bond acceptors (Lipinski definition) is 5. The van der Waals surface area contributed by atoms with Crippen molar-refractivity contribution in [2.45, 2.75) is 33.8 Å². The molecule has 1 heterocycles. The monoisotopic (exact) mass is 381 g/mol. The van der Waals surface area contributed by atoms with Gasteiger partial charge in [-0.2, -0.15) is 5.26 Å². The number of amides is 1. The second-order valence-electron chi connectivity index (χ2n) is 6.21. The fourth-order valence-electron chi connectivity index (χ4n) is 2.76. The Bertz CT molecular complexity index is 949. The molecule has 1 aromatic heterocycles. The zero-order valence-electron chi connectivity index (χ0n) is 16.4. The Morgan fingerprint density at radius 2 is 1.93 bits per heavy atom. The van der Waals surface area contributed by atoms with E-state index in [0.29, 0.717) is 12.2 Å². The molecule has 0 saturated heterocycles. The van der Waals surface area contributed by atoms with Crippen molar-refractivity contribution in [3.8, 4) is 17.5 Å². The Hall–Kier alpha value is -3.53. The molecule has 28 heavy (non-hydrogen) atoms. The molecule has 1 amide bonds. The van der Waals surface area contributed by atoms with E-state index in [1.54, 1.807) is 0 Å². The summed E-state index contributed by atoms with van der Waals surface area (Å²) < 4.78 is 12.4. The number of primary amides is 1. The topological polar surface area (TPSA) is 107 Å². The minimum atomic E-state index is -1.11. The maximum Gasteiger partial charge on any atom is 0.349 e. The summed E-state index contributed by atoms with van der Waals surface area (Å²) in [5, 5.41) is 9.32. The number of nitrogens with two attached hydrogens (primary N) is 1. The fraction of sp³-hybridized carbons (Fsp3) is 0.286. The molecule has 1 aromatic carbocycles. The third-order valence-corrected chi connectivity index (χ3v) is 4.20. The van der Waals surface area contributed by atoms with Crippen LogP contribution >= 0.6 is 0 Å². The summed E-state index contributed by atoms with van der Waals surface area (Å²) in [7, 11) is 0. The minimum absolute atomic E-state index is 0.208. The van der Waals surface area contributed by atoms with Gasteiger partial charge in [-0.3, -0.25) is 4.79 Å². The van der Waals surface area contributed by atoms with Crippen LogP contribution in [0.15, 0.2) is 35.9 Å². The van der Waals surface area contributed by atoms with E-state index in [-0.39, 0.29) is 5.57 Å². The first-order valence-corrected chi connectivity index (χ1v) is 8.82.